The smallest absolute Gasteiger partial charge is 0.261 e. The maximum Gasteiger partial charge on any atom is 0.261 e. The van der Waals surface area contributed by atoms with E-state index in [2.05, 4.69) is 10.0 Å². The second kappa shape index (κ2) is 9.80. The maximum absolute atomic E-state index is 12.8. The first-order chi connectivity index (χ1) is 15.3. The molecule has 0 aliphatic rings. The van der Waals surface area contributed by atoms with Crippen molar-refractivity contribution in [3.8, 4) is 17.2 Å². The van der Waals surface area contributed by atoms with Crippen molar-refractivity contribution in [2.45, 2.75) is 4.90 Å². The van der Waals surface area contributed by atoms with E-state index in [1.165, 1.54) is 51.7 Å². The van der Waals surface area contributed by atoms with Gasteiger partial charge in [-0.1, -0.05) is 17.7 Å². The molecule has 3 rings (SSSR count). The molecule has 10 heteroatoms. The first-order valence-corrected chi connectivity index (χ1v) is 11.1. The van der Waals surface area contributed by atoms with Gasteiger partial charge < -0.3 is 19.5 Å². The highest BCUT2D eigenvalue weighted by molar-refractivity contribution is 7.92. The second-order valence-corrected chi connectivity index (χ2v) is 8.60. The number of anilines is 2. The fraction of sp³-hybridized carbons (Fsp3) is 0.136. The summed E-state index contributed by atoms with van der Waals surface area (Å²) in [6.45, 7) is 0. The lowest BCUT2D eigenvalue weighted by molar-refractivity contribution is 0.102. The topological polar surface area (TPSA) is 103 Å². The molecule has 8 nitrogen and oxygen atoms in total. The van der Waals surface area contributed by atoms with E-state index in [0.717, 1.165) is 0 Å². The summed E-state index contributed by atoms with van der Waals surface area (Å²) in [5.41, 5.74) is 0.885. The zero-order valence-corrected chi connectivity index (χ0v) is 19.1. The van der Waals surface area contributed by atoms with Gasteiger partial charge in [0, 0.05) is 16.9 Å². The van der Waals surface area contributed by atoms with Crippen molar-refractivity contribution >= 4 is 38.9 Å². The Morgan fingerprint density at radius 2 is 1.59 bits per heavy atom. The Kier molecular flexibility index (Phi) is 7.12. The number of rotatable bonds is 8. The Hall–Kier alpha value is -3.43. The molecule has 0 heterocycles. The van der Waals surface area contributed by atoms with E-state index < -0.39 is 15.9 Å². The van der Waals surface area contributed by atoms with E-state index in [1.807, 2.05) is 0 Å². The molecule has 0 fully saturated rings. The zero-order chi connectivity index (χ0) is 23.3. The first kappa shape index (κ1) is 23.2. The summed E-state index contributed by atoms with van der Waals surface area (Å²) in [4.78, 5) is 12.7. The molecule has 2 N–H and O–H groups in total. The summed E-state index contributed by atoms with van der Waals surface area (Å²) in [6.07, 6.45) is 0. The number of halogens is 1. The van der Waals surface area contributed by atoms with Crippen LogP contribution in [0.2, 0.25) is 5.02 Å². The number of sulfonamides is 1. The number of methoxy groups -OCH3 is 3. The van der Waals surface area contributed by atoms with Crippen LogP contribution in [0.4, 0.5) is 11.4 Å². The van der Waals surface area contributed by atoms with Crippen molar-refractivity contribution in [1.29, 1.82) is 0 Å². The molecule has 32 heavy (non-hydrogen) atoms. The lowest BCUT2D eigenvalue weighted by Crippen LogP contribution is -2.15. The standard InChI is InChI=1S/C22H21ClN2O6S/c1-29-17-9-7-15(8-10-17)25-32(27,28)18-6-4-5-16(13-18)24-22(26)14-11-19(23)21(31-3)20(12-14)30-2/h4-13,25H,1-3H3,(H,24,26). The summed E-state index contributed by atoms with van der Waals surface area (Å²) in [5.74, 6) is 0.715. The summed E-state index contributed by atoms with van der Waals surface area (Å²) in [7, 11) is 0.511. The Balaban J connectivity index is 1.81. The van der Waals surface area contributed by atoms with Gasteiger partial charge in [-0.3, -0.25) is 9.52 Å². The van der Waals surface area contributed by atoms with Crippen molar-refractivity contribution in [3.63, 3.8) is 0 Å². The number of benzene rings is 3. The van der Waals surface area contributed by atoms with Crippen LogP contribution in [-0.4, -0.2) is 35.7 Å². The first-order valence-electron chi connectivity index (χ1n) is 9.27. The normalized spacial score (nSPS) is 10.9. The number of nitrogens with one attached hydrogen (secondary N) is 2. The molecule has 168 valence electrons. The van der Waals surface area contributed by atoms with Gasteiger partial charge in [-0.2, -0.15) is 0 Å². The lowest BCUT2D eigenvalue weighted by atomic mass is 10.1. The van der Waals surface area contributed by atoms with Crippen molar-refractivity contribution in [1.82, 2.24) is 0 Å². The van der Waals surface area contributed by atoms with Gasteiger partial charge in [-0.05, 0) is 54.6 Å². The van der Waals surface area contributed by atoms with E-state index in [1.54, 1.807) is 30.3 Å². The van der Waals surface area contributed by atoms with Gasteiger partial charge in [-0.25, -0.2) is 8.42 Å². The number of carbonyl (C=O) groups excluding carboxylic acids is 1. The average molecular weight is 477 g/mol. The van der Waals surface area contributed by atoms with E-state index in [-0.39, 0.29) is 15.5 Å². The van der Waals surface area contributed by atoms with Crippen LogP contribution in [0.15, 0.2) is 65.6 Å². The van der Waals surface area contributed by atoms with Crippen LogP contribution in [0, 0.1) is 0 Å². The van der Waals surface area contributed by atoms with Gasteiger partial charge in [0.2, 0.25) is 0 Å². The molecular weight excluding hydrogens is 456 g/mol. The summed E-state index contributed by atoms with van der Waals surface area (Å²) < 4.78 is 43.5. The number of carbonyl (C=O) groups is 1. The lowest BCUT2D eigenvalue weighted by Gasteiger charge is -2.13. The van der Waals surface area contributed by atoms with Crippen LogP contribution in [-0.2, 0) is 10.0 Å². The second-order valence-electron chi connectivity index (χ2n) is 6.51. The minimum absolute atomic E-state index is 0.0172. The summed E-state index contributed by atoms with van der Waals surface area (Å²) in [6, 6.07) is 15.3. The zero-order valence-electron chi connectivity index (χ0n) is 17.5. The molecule has 0 saturated carbocycles. The molecule has 0 unspecified atom stereocenters. The molecule has 3 aromatic rings. The fourth-order valence-corrected chi connectivity index (χ4v) is 4.26. The van der Waals surface area contributed by atoms with Gasteiger partial charge in [0.15, 0.2) is 11.5 Å². The Labute approximate surface area is 191 Å². The van der Waals surface area contributed by atoms with E-state index in [9.17, 15) is 13.2 Å². The van der Waals surface area contributed by atoms with Crippen molar-refractivity contribution in [2.24, 2.45) is 0 Å². The number of ether oxygens (including phenoxy) is 3. The highest BCUT2D eigenvalue weighted by Gasteiger charge is 2.18. The van der Waals surface area contributed by atoms with Crippen molar-refractivity contribution in [2.75, 3.05) is 31.4 Å². The monoisotopic (exact) mass is 476 g/mol. The van der Waals surface area contributed by atoms with E-state index in [4.69, 9.17) is 25.8 Å². The Morgan fingerprint density at radius 1 is 0.875 bits per heavy atom. The highest BCUT2D eigenvalue weighted by atomic mass is 35.5. The molecule has 1 amide bonds. The summed E-state index contributed by atoms with van der Waals surface area (Å²) in [5, 5.41) is 2.87. The summed E-state index contributed by atoms with van der Waals surface area (Å²) >= 11 is 6.16. The minimum Gasteiger partial charge on any atom is -0.497 e. The number of amides is 1. The minimum atomic E-state index is -3.88. The molecule has 0 spiro atoms. The predicted molar refractivity (Wildman–Crippen MR) is 123 cm³/mol. The fourth-order valence-electron chi connectivity index (χ4n) is 2.87. The molecular formula is C22H21ClN2O6S. The number of hydrogen-bond donors (Lipinski definition) is 2. The van der Waals surface area contributed by atoms with Gasteiger partial charge >= 0.3 is 0 Å². The number of hydrogen-bond acceptors (Lipinski definition) is 6. The third kappa shape index (κ3) is 5.24. The van der Waals surface area contributed by atoms with Crippen LogP contribution in [0.5, 0.6) is 17.2 Å². The highest BCUT2D eigenvalue weighted by Crippen LogP contribution is 2.36. The molecule has 0 radical (unpaired) electrons. The molecule has 0 aliphatic carbocycles. The van der Waals surface area contributed by atoms with Gasteiger partial charge in [-0.15, -0.1) is 0 Å². The molecule has 3 aromatic carbocycles. The van der Waals surface area contributed by atoms with E-state index >= 15 is 0 Å². The van der Waals surface area contributed by atoms with Crippen LogP contribution in [0.3, 0.4) is 0 Å². The molecule has 0 saturated heterocycles. The van der Waals surface area contributed by atoms with Crippen LogP contribution < -0.4 is 24.2 Å². The van der Waals surface area contributed by atoms with Crippen LogP contribution in [0.25, 0.3) is 0 Å². The average Bonchev–Trinajstić information content (AvgIpc) is 2.79. The largest absolute Gasteiger partial charge is 0.497 e. The Morgan fingerprint density at radius 3 is 2.22 bits per heavy atom. The third-order valence-electron chi connectivity index (χ3n) is 4.44. The van der Waals surface area contributed by atoms with Crippen LogP contribution >= 0.6 is 11.6 Å². The molecule has 0 bridgehead atoms. The Bertz CT molecular complexity index is 1230. The molecule has 0 aliphatic heterocycles. The van der Waals surface area contributed by atoms with E-state index in [0.29, 0.717) is 28.6 Å². The molecule has 0 atom stereocenters. The van der Waals surface area contributed by atoms with Gasteiger partial charge in [0.05, 0.1) is 31.2 Å². The quantitative estimate of drug-likeness (QED) is 0.499. The van der Waals surface area contributed by atoms with Gasteiger partial charge in [0.1, 0.15) is 5.75 Å². The predicted octanol–water partition coefficient (Wildman–Crippen LogP) is 4.42. The third-order valence-corrected chi connectivity index (χ3v) is 6.10. The van der Waals surface area contributed by atoms with Crippen LogP contribution in [0.1, 0.15) is 10.4 Å². The maximum atomic E-state index is 12.8. The molecule has 0 aromatic heterocycles. The van der Waals surface area contributed by atoms with Crippen molar-refractivity contribution < 1.29 is 27.4 Å². The SMILES string of the molecule is COc1ccc(NS(=O)(=O)c2cccc(NC(=O)c3cc(Cl)c(OC)c(OC)c3)c2)cc1. The van der Waals surface area contributed by atoms with Crippen molar-refractivity contribution in [3.05, 3.63) is 71.2 Å². The van der Waals surface area contributed by atoms with Gasteiger partial charge in [0.25, 0.3) is 15.9 Å².